The van der Waals surface area contributed by atoms with Crippen LogP contribution in [0.5, 0.6) is 0 Å². The van der Waals surface area contributed by atoms with E-state index in [0.29, 0.717) is 91.3 Å². The van der Waals surface area contributed by atoms with Gasteiger partial charge in [0.05, 0.1) is 104 Å². The Morgan fingerprint density at radius 2 is 1.31 bits per heavy atom. The molecule has 0 saturated carbocycles. The van der Waals surface area contributed by atoms with E-state index in [1.165, 1.54) is 14.2 Å². The Balaban J connectivity index is 1.90. The van der Waals surface area contributed by atoms with Crippen LogP contribution in [0.25, 0.3) is 0 Å². The van der Waals surface area contributed by atoms with Crippen LogP contribution in [0.3, 0.4) is 0 Å². The number of hydrogen-bond donors (Lipinski definition) is 2. The SMILES string of the molecule is CCN(CCOCCOCCN(CCOCCO)C(COCCOCCN)c1cccc(C(=O)OC)n1)Cc1cccc(C(=O)OC)n1. The third-order valence-corrected chi connectivity index (χ3v) is 7.10. The zero-order chi connectivity index (χ0) is 34.8. The first kappa shape index (κ1) is 41.1. The summed E-state index contributed by atoms with van der Waals surface area (Å²) in [7, 11) is 2.65. The first-order chi connectivity index (χ1) is 23.5. The number of aliphatic hydroxyl groups excluding tert-OH is 1. The lowest BCUT2D eigenvalue weighted by molar-refractivity contribution is -0.00892. The van der Waals surface area contributed by atoms with Crippen LogP contribution < -0.4 is 5.73 Å². The van der Waals surface area contributed by atoms with Crippen LogP contribution in [-0.2, 0) is 39.7 Å². The van der Waals surface area contributed by atoms with E-state index in [2.05, 4.69) is 26.7 Å². The van der Waals surface area contributed by atoms with Gasteiger partial charge in [-0.1, -0.05) is 19.1 Å². The van der Waals surface area contributed by atoms with Gasteiger partial charge in [0, 0.05) is 32.7 Å². The Labute approximate surface area is 283 Å². The second kappa shape index (κ2) is 25.8. The highest BCUT2D eigenvalue weighted by Gasteiger charge is 2.23. The lowest BCUT2D eigenvalue weighted by Crippen LogP contribution is -2.38. The van der Waals surface area contributed by atoms with E-state index in [0.717, 1.165) is 12.2 Å². The molecule has 0 spiro atoms. The molecule has 2 aromatic rings. The third-order valence-electron chi connectivity index (χ3n) is 7.10. The van der Waals surface area contributed by atoms with Gasteiger partial charge in [0.25, 0.3) is 0 Å². The number of methoxy groups -OCH3 is 2. The summed E-state index contributed by atoms with van der Waals surface area (Å²) in [6.07, 6.45) is 0. The van der Waals surface area contributed by atoms with Gasteiger partial charge in [-0.25, -0.2) is 19.6 Å². The number of nitrogens with zero attached hydrogens (tertiary/aromatic N) is 4. The zero-order valence-electron chi connectivity index (χ0n) is 28.5. The molecule has 0 aliphatic rings. The van der Waals surface area contributed by atoms with Crippen molar-refractivity contribution in [2.45, 2.75) is 19.5 Å². The first-order valence-corrected chi connectivity index (χ1v) is 16.2. The van der Waals surface area contributed by atoms with E-state index in [1.54, 1.807) is 24.3 Å². The minimum atomic E-state index is -0.528. The number of aliphatic hydroxyl groups is 1. The van der Waals surface area contributed by atoms with Gasteiger partial charge in [-0.3, -0.25) is 9.80 Å². The first-order valence-electron chi connectivity index (χ1n) is 16.2. The van der Waals surface area contributed by atoms with Gasteiger partial charge in [0.1, 0.15) is 11.4 Å². The Bertz CT molecular complexity index is 1160. The predicted octanol–water partition coefficient (Wildman–Crippen LogP) is 0.949. The smallest absolute Gasteiger partial charge is 0.356 e. The summed E-state index contributed by atoms with van der Waals surface area (Å²) in [5, 5.41) is 9.15. The van der Waals surface area contributed by atoms with Gasteiger partial charge in [0.15, 0.2) is 0 Å². The summed E-state index contributed by atoms with van der Waals surface area (Å²) >= 11 is 0. The van der Waals surface area contributed by atoms with Gasteiger partial charge in [-0.05, 0) is 30.8 Å². The fraction of sp³-hybridized carbons (Fsp3) is 0.636. The summed E-state index contributed by atoms with van der Waals surface area (Å²) in [4.78, 5) is 37.3. The van der Waals surface area contributed by atoms with Crippen LogP contribution >= 0.6 is 0 Å². The fourth-order valence-electron chi connectivity index (χ4n) is 4.56. The van der Waals surface area contributed by atoms with E-state index >= 15 is 0 Å². The monoisotopic (exact) mass is 679 g/mol. The maximum absolute atomic E-state index is 12.2. The van der Waals surface area contributed by atoms with Crippen molar-refractivity contribution in [2.75, 3.05) is 120 Å². The van der Waals surface area contributed by atoms with E-state index in [1.807, 2.05) is 12.1 Å². The summed E-state index contributed by atoms with van der Waals surface area (Å²) in [6.45, 7) is 9.35. The lowest BCUT2D eigenvalue weighted by Gasteiger charge is -2.31. The van der Waals surface area contributed by atoms with Crippen LogP contribution in [-0.4, -0.2) is 156 Å². The molecule has 48 heavy (non-hydrogen) atoms. The Morgan fingerprint density at radius 1 is 0.750 bits per heavy atom. The van der Waals surface area contributed by atoms with Gasteiger partial charge < -0.3 is 44.0 Å². The Morgan fingerprint density at radius 3 is 1.92 bits per heavy atom. The molecule has 1 unspecified atom stereocenters. The summed E-state index contributed by atoms with van der Waals surface area (Å²) < 4.78 is 38.3. The van der Waals surface area contributed by atoms with Crippen molar-refractivity contribution in [3.63, 3.8) is 0 Å². The number of carbonyl (C=O) groups is 2. The number of carbonyl (C=O) groups excluding carboxylic acids is 2. The molecule has 270 valence electrons. The maximum atomic E-state index is 12.2. The molecule has 1 atom stereocenters. The van der Waals surface area contributed by atoms with Crippen molar-refractivity contribution in [1.82, 2.24) is 19.8 Å². The number of likely N-dealkylation sites (N-methyl/N-ethyl adjacent to an activating group) is 1. The van der Waals surface area contributed by atoms with Crippen molar-refractivity contribution in [1.29, 1.82) is 0 Å². The summed E-state index contributed by atoms with van der Waals surface area (Å²) in [6, 6.07) is 10.2. The largest absolute Gasteiger partial charge is 0.464 e. The van der Waals surface area contributed by atoms with Crippen molar-refractivity contribution < 1.29 is 47.9 Å². The number of aromatic nitrogens is 2. The zero-order valence-corrected chi connectivity index (χ0v) is 28.5. The molecule has 0 radical (unpaired) electrons. The molecule has 2 rings (SSSR count). The average Bonchev–Trinajstić information content (AvgIpc) is 3.12. The van der Waals surface area contributed by atoms with Gasteiger partial charge >= 0.3 is 11.9 Å². The molecule has 0 aromatic carbocycles. The molecule has 0 amide bonds. The number of ether oxygens (including phenoxy) is 7. The van der Waals surface area contributed by atoms with Crippen LogP contribution in [0, 0.1) is 0 Å². The molecule has 2 heterocycles. The third kappa shape index (κ3) is 16.3. The number of esters is 2. The quantitative estimate of drug-likeness (QED) is 0.0959. The highest BCUT2D eigenvalue weighted by molar-refractivity contribution is 5.87. The summed E-state index contributed by atoms with van der Waals surface area (Å²) in [5.74, 6) is -0.988. The molecule has 0 bridgehead atoms. The molecule has 0 saturated heterocycles. The van der Waals surface area contributed by atoms with Crippen LogP contribution in [0.4, 0.5) is 0 Å². The van der Waals surface area contributed by atoms with E-state index in [9.17, 15) is 9.59 Å². The molecule has 0 aliphatic carbocycles. The second-order valence-electron chi connectivity index (χ2n) is 10.4. The summed E-state index contributed by atoms with van der Waals surface area (Å²) in [5.41, 5.74) is 7.40. The topological polar surface area (TPSA) is 177 Å². The van der Waals surface area contributed by atoms with Crippen LogP contribution in [0.1, 0.15) is 45.3 Å². The molecular weight excluding hydrogens is 626 g/mol. The molecule has 0 aliphatic heterocycles. The highest BCUT2D eigenvalue weighted by atomic mass is 16.5. The van der Waals surface area contributed by atoms with Crippen LogP contribution in [0.15, 0.2) is 36.4 Å². The van der Waals surface area contributed by atoms with Gasteiger partial charge in [-0.2, -0.15) is 0 Å². The van der Waals surface area contributed by atoms with Gasteiger partial charge in [-0.15, -0.1) is 0 Å². The molecule has 2 aromatic heterocycles. The van der Waals surface area contributed by atoms with Crippen molar-refractivity contribution in [3.05, 3.63) is 59.2 Å². The Kier molecular flexibility index (Phi) is 22.1. The highest BCUT2D eigenvalue weighted by Crippen LogP contribution is 2.20. The van der Waals surface area contributed by atoms with Crippen molar-refractivity contribution in [2.24, 2.45) is 5.73 Å². The number of nitrogens with two attached hydrogens (primary N) is 1. The minimum absolute atomic E-state index is 0.0728. The number of rotatable bonds is 28. The fourth-order valence-corrected chi connectivity index (χ4v) is 4.56. The molecule has 15 nitrogen and oxygen atoms in total. The maximum Gasteiger partial charge on any atom is 0.356 e. The number of pyridine rings is 2. The molecule has 15 heteroatoms. The van der Waals surface area contributed by atoms with Crippen LogP contribution in [0.2, 0.25) is 0 Å². The van der Waals surface area contributed by atoms with Crippen molar-refractivity contribution >= 4 is 11.9 Å². The lowest BCUT2D eigenvalue weighted by atomic mass is 10.1. The predicted molar refractivity (Wildman–Crippen MR) is 177 cm³/mol. The molecular formula is C33H53N5O10. The standard InChI is InChI=1S/C33H53N5O10/c1-4-37(25-27-7-5-9-29(35-27)32(40)42-2)12-17-46-21-22-47-19-14-38(13-18-45-20-15-39)31(26-48-24-23-44-16-11-34)28-8-6-10-30(36-28)33(41)43-3/h5-10,31,39H,4,11-26,34H2,1-3H3. The normalized spacial score (nSPS) is 12.1. The Hall–Kier alpha value is -3.12. The molecule has 0 fully saturated rings. The van der Waals surface area contributed by atoms with E-state index < -0.39 is 11.9 Å². The van der Waals surface area contributed by atoms with E-state index in [4.69, 9.17) is 44.0 Å². The second-order valence-corrected chi connectivity index (χ2v) is 10.4. The average molecular weight is 680 g/mol. The van der Waals surface area contributed by atoms with E-state index in [-0.39, 0.29) is 37.3 Å². The number of hydrogen-bond acceptors (Lipinski definition) is 15. The minimum Gasteiger partial charge on any atom is -0.464 e. The van der Waals surface area contributed by atoms with Gasteiger partial charge in [0.2, 0.25) is 0 Å². The van der Waals surface area contributed by atoms with Crippen molar-refractivity contribution in [3.8, 4) is 0 Å². The molecule has 3 N–H and O–H groups in total.